The van der Waals surface area contributed by atoms with Gasteiger partial charge in [-0.25, -0.2) is 0 Å². The highest BCUT2D eigenvalue weighted by Crippen LogP contribution is 2.40. The predicted octanol–water partition coefficient (Wildman–Crippen LogP) is 2.16. The highest BCUT2D eigenvalue weighted by molar-refractivity contribution is 5.37. The molecule has 2 unspecified atom stereocenters. The number of fused-ring (bicyclic) bond motifs is 1. The molecule has 1 aliphatic heterocycles. The Morgan fingerprint density at radius 3 is 2.47 bits per heavy atom. The van der Waals surface area contributed by atoms with Crippen molar-refractivity contribution >= 4 is 0 Å². The van der Waals surface area contributed by atoms with E-state index in [2.05, 4.69) is 41.0 Å². The third-order valence-electron chi connectivity index (χ3n) is 4.62. The van der Waals surface area contributed by atoms with Gasteiger partial charge in [0, 0.05) is 38.3 Å². The first kappa shape index (κ1) is 13.1. The van der Waals surface area contributed by atoms with Gasteiger partial charge in [-0.3, -0.25) is 4.90 Å². The Kier molecular flexibility index (Phi) is 3.87. The highest BCUT2D eigenvalue weighted by Gasteiger charge is 2.33. The number of nitrogens with zero attached hydrogens (tertiary/aromatic N) is 2. The van der Waals surface area contributed by atoms with E-state index in [0.29, 0.717) is 6.04 Å². The lowest BCUT2D eigenvalue weighted by molar-refractivity contribution is 0.0942. The van der Waals surface area contributed by atoms with E-state index < -0.39 is 0 Å². The molecular formula is C16H25N3. The monoisotopic (exact) mass is 259 g/mol. The summed E-state index contributed by atoms with van der Waals surface area (Å²) < 4.78 is 0. The topological polar surface area (TPSA) is 32.5 Å². The van der Waals surface area contributed by atoms with Crippen LogP contribution in [-0.2, 0) is 0 Å². The quantitative estimate of drug-likeness (QED) is 0.903. The Balaban J connectivity index is 1.69. The third-order valence-corrected chi connectivity index (χ3v) is 4.62. The smallest absolute Gasteiger partial charge is 0.0370 e. The van der Waals surface area contributed by atoms with Gasteiger partial charge in [0.2, 0.25) is 0 Å². The Labute approximate surface area is 116 Å². The van der Waals surface area contributed by atoms with Crippen molar-refractivity contribution in [2.75, 3.05) is 32.7 Å². The van der Waals surface area contributed by atoms with Crippen LogP contribution in [0.1, 0.15) is 43.0 Å². The molecule has 1 aliphatic carbocycles. The van der Waals surface area contributed by atoms with Gasteiger partial charge in [0.05, 0.1) is 0 Å². The molecule has 2 atom stereocenters. The lowest BCUT2D eigenvalue weighted by atomic mass is 10.1. The minimum Gasteiger partial charge on any atom is -0.324 e. The first-order valence-electron chi connectivity index (χ1n) is 7.60. The van der Waals surface area contributed by atoms with Crippen molar-refractivity contribution in [3.63, 3.8) is 0 Å². The van der Waals surface area contributed by atoms with Crippen molar-refractivity contribution in [1.82, 2.24) is 9.80 Å². The Morgan fingerprint density at radius 2 is 1.79 bits per heavy atom. The van der Waals surface area contributed by atoms with E-state index in [1.165, 1.54) is 50.3 Å². The summed E-state index contributed by atoms with van der Waals surface area (Å²) in [5, 5.41) is 0. The molecule has 104 valence electrons. The van der Waals surface area contributed by atoms with E-state index >= 15 is 0 Å². The zero-order valence-electron chi connectivity index (χ0n) is 11.9. The van der Waals surface area contributed by atoms with Crippen molar-refractivity contribution < 1.29 is 0 Å². The Bertz CT molecular complexity index is 424. The molecule has 3 nitrogen and oxygen atoms in total. The van der Waals surface area contributed by atoms with E-state index in [4.69, 9.17) is 5.73 Å². The van der Waals surface area contributed by atoms with Gasteiger partial charge in [-0.1, -0.05) is 31.2 Å². The van der Waals surface area contributed by atoms with Crippen LogP contribution < -0.4 is 5.73 Å². The largest absolute Gasteiger partial charge is 0.324 e. The molecule has 19 heavy (non-hydrogen) atoms. The number of rotatable bonds is 3. The molecular weight excluding hydrogens is 234 g/mol. The molecule has 0 amide bonds. The van der Waals surface area contributed by atoms with Crippen LogP contribution in [0, 0.1) is 0 Å². The van der Waals surface area contributed by atoms with E-state index in [1.807, 2.05) is 0 Å². The number of hydrogen-bond donors (Lipinski definition) is 1. The van der Waals surface area contributed by atoms with E-state index in [1.54, 1.807) is 0 Å². The molecule has 1 fully saturated rings. The molecule has 0 aromatic heterocycles. The van der Waals surface area contributed by atoms with Crippen LogP contribution in [0.3, 0.4) is 0 Å². The second-order valence-corrected chi connectivity index (χ2v) is 5.86. The van der Waals surface area contributed by atoms with Crippen molar-refractivity contribution in [2.24, 2.45) is 5.73 Å². The fourth-order valence-electron chi connectivity index (χ4n) is 3.61. The molecule has 3 heteroatoms. The zero-order chi connectivity index (χ0) is 13.2. The summed E-state index contributed by atoms with van der Waals surface area (Å²) >= 11 is 0. The van der Waals surface area contributed by atoms with Gasteiger partial charge in [-0.15, -0.1) is 0 Å². The highest BCUT2D eigenvalue weighted by atomic mass is 15.3. The fraction of sp³-hybridized carbons (Fsp3) is 0.625. The minimum atomic E-state index is 0.231. The van der Waals surface area contributed by atoms with Gasteiger partial charge in [0.15, 0.2) is 0 Å². The molecule has 1 aromatic rings. The van der Waals surface area contributed by atoms with Crippen LogP contribution in [0.2, 0.25) is 0 Å². The fourth-order valence-corrected chi connectivity index (χ4v) is 3.61. The van der Waals surface area contributed by atoms with Gasteiger partial charge in [-0.2, -0.15) is 0 Å². The van der Waals surface area contributed by atoms with Gasteiger partial charge in [-0.05, 0) is 30.5 Å². The molecule has 1 aromatic carbocycles. The van der Waals surface area contributed by atoms with Gasteiger partial charge < -0.3 is 10.6 Å². The van der Waals surface area contributed by atoms with Crippen molar-refractivity contribution in [3.8, 4) is 0 Å². The molecule has 1 saturated heterocycles. The summed E-state index contributed by atoms with van der Waals surface area (Å²) in [7, 11) is 0. The van der Waals surface area contributed by atoms with Crippen LogP contribution in [0.25, 0.3) is 0 Å². The average molecular weight is 259 g/mol. The Hall–Kier alpha value is -0.900. The van der Waals surface area contributed by atoms with E-state index in [-0.39, 0.29) is 6.04 Å². The molecule has 0 bridgehead atoms. The molecule has 1 heterocycles. The zero-order valence-corrected chi connectivity index (χ0v) is 11.9. The third kappa shape index (κ3) is 2.55. The molecule has 3 rings (SSSR count). The second kappa shape index (κ2) is 5.61. The summed E-state index contributed by atoms with van der Waals surface area (Å²) in [6.45, 7) is 8.30. The summed E-state index contributed by atoms with van der Waals surface area (Å²) in [5.41, 5.74) is 9.12. The SMILES string of the molecule is CCCN1CCN(C2CC(N)c3ccccc32)CC1. The number of hydrogen-bond acceptors (Lipinski definition) is 3. The molecule has 0 spiro atoms. The van der Waals surface area contributed by atoms with Crippen LogP contribution in [0.4, 0.5) is 0 Å². The van der Waals surface area contributed by atoms with Crippen molar-refractivity contribution in [1.29, 1.82) is 0 Å². The molecule has 2 N–H and O–H groups in total. The molecule has 2 aliphatic rings. The summed E-state index contributed by atoms with van der Waals surface area (Å²) in [4.78, 5) is 5.22. The van der Waals surface area contributed by atoms with Crippen LogP contribution in [0.5, 0.6) is 0 Å². The minimum absolute atomic E-state index is 0.231. The van der Waals surface area contributed by atoms with Crippen LogP contribution >= 0.6 is 0 Å². The van der Waals surface area contributed by atoms with E-state index in [9.17, 15) is 0 Å². The summed E-state index contributed by atoms with van der Waals surface area (Å²) in [6, 6.07) is 9.51. The second-order valence-electron chi connectivity index (χ2n) is 5.86. The van der Waals surface area contributed by atoms with Gasteiger partial charge in [0.1, 0.15) is 0 Å². The maximum absolute atomic E-state index is 6.28. The van der Waals surface area contributed by atoms with Crippen molar-refractivity contribution in [2.45, 2.75) is 31.8 Å². The molecule has 0 saturated carbocycles. The van der Waals surface area contributed by atoms with Crippen LogP contribution in [0.15, 0.2) is 24.3 Å². The van der Waals surface area contributed by atoms with Crippen LogP contribution in [-0.4, -0.2) is 42.5 Å². The van der Waals surface area contributed by atoms with Gasteiger partial charge >= 0.3 is 0 Å². The maximum atomic E-state index is 6.28. The lowest BCUT2D eigenvalue weighted by Gasteiger charge is -2.38. The molecule has 0 radical (unpaired) electrons. The van der Waals surface area contributed by atoms with E-state index in [0.717, 1.165) is 6.42 Å². The average Bonchev–Trinajstić information content (AvgIpc) is 2.78. The number of piperazine rings is 1. The summed E-state index contributed by atoms with van der Waals surface area (Å²) in [6.07, 6.45) is 2.35. The predicted molar refractivity (Wildman–Crippen MR) is 79.0 cm³/mol. The number of nitrogens with two attached hydrogens (primary N) is 1. The Morgan fingerprint density at radius 1 is 1.11 bits per heavy atom. The first-order chi connectivity index (χ1) is 9.29. The summed E-state index contributed by atoms with van der Waals surface area (Å²) in [5.74, 6) is 0. The standard InChI is InChI=1S/C16H25N3/c1-2-7-18-8-10-19(11-9-18)16-12-15(17)13-5-3-4-6-14(13)16/h3-6,15-16H,2,7-12,17H2,1H3. The maximum Gasteiger partial charge on any atom is 0.0370 e. The van der Waals surface area contributed by atoms with Gasteiger partial charge in [0.25, 0.3) is 0 Å². The first-order valence-corrected chi connectivity index (χ1v) is 7.60. The number of benzene rings is 1. The normalized spacial score (nSPS) is 28.5. The van der Waals surface area contributed by atoms with Crippen molar-refractivity contribution in [3.05, 3.63) is 35.4 Å². The lowest BCUT2D eigenvalue weighted by Crippen LogP contribution is -2.47.